The van der Waals surface area contributed by atoms with E-state index in [0.29, 0.717) is 13.1 Å². The smallest absolute Gasteiger partial charge is 0.228 e. The molecular formula is C19H26N2O4S. The lowest BCUT2D eigenvalue weighted by Gasteiger charge is -2.49. The summed E-state index contributed by atoms with van der Waals surface area (Å²) in [6.07, 6.45) is 3.20. The minimum atomic E-state index is -3.48. The first-order valence-electron chi connectivity index (χ1n) is 9.22. The van der Waals surface area contributed by atoms with Crippen molar-refractivity contribution < 1.29 is 18.0 Å². The molecule has 0 radical (unpaired) electrons. The molecule has 2 heterocycles. The van der Waals surface area contributed by atoms with E-state index in [2.05, 4.69) is 5.32 Å². The molecule has 2 atom stereocenters. The van der Waals surface area contributed by atoms with Crippen molar-refractivity contribution in [1.82, 2.24) is 10.2 Å². The Kier molecular flexibility index (Phi) is 5.37. The number of carbonyl (C=O) groups excluding carboxylic acids is 2. The molecule has 1 N–H and O–H groups in total. The number of carbonyl (C=O) groups is 2. The molecule has 3 rings (SSSR count). The van der Waals surface area contributed by atoms with Gasteiger partial charge in [0.05, 0.1) is 16.1 Å². The van der Waals surface area contributed by atoms with Crippen LogP contribution in [-0.4, -0.2) is 50.0 Å². The first-order valence-corrected chi connectivity index (χ1v) is 10.9. The summed E-state index contributed by atoms with van der Waals surface area (Å²) >= 11 is 0. The minimum Gasteiger partial charge on any atom is -0.356 e. The molecule has 26 heavy (non-hydrogen) atoms. The average molecular weight is 378 g/mol. The quantitative estimate of drug-likeness (QED) is 0.865. The molecule has 0 bridgehead atoms. The molecule has 0 aromatic heterocycles. The third-order valence-corrected chi connectivity index (χ3v) is 7.57. The molecule has 7 heteroatoms. The standard InChI is InChI=1S/C19H26N2O4S/c1-15-19(10-5-12-20-18(19)23)11-6-13-21(15)17(22)9-14-26(24,25)16-7-3-2-4-8-16/h2-4,7-8,15H,5-6,9-14H2,1H3,(H,20,23)/t15-,19-/m0/s1. The van der Waals surface area contributed by atoms with Gasteiger partial charge in [0.25, 0.3) is 0 Å². The fraction of sp³-hybridized carbons (Fsp3) is 0.579. The summed E-state index contributed by atoms with van der Waals surface area (Å²) < 4.78 is 24.8. The van der Waals surface area contributed by atoms with E-state index in [-0.39, 0.29) is 34.9 Å². The Bertz CT molecular complexity index is 774. The Morgan fingerprint density at radius 2 is 1.92 bits per heavy atom. The van der Waals surface area contributed by atoms with Crippen molar-refractivity contribution >= 4 is 21.7 Å². The lowest BCUT2D eigenvalue weighted by atomic mass is 9.68. The lowest BCUT2D eigenvalue weighted by molar-refractivity contribution is -0.149. The molecule has 6 nitrogen and oxygen atoms in total. The number of nitrogens with zero attached hydrogens (tertiary/aromatic N) is 1. The van der Waals surface area contributed by atoms with Gasteiger partial charge in [-0.3, -0.25) is 9.59 Å². The molecule has 2 aliphatic heterocycles. The maximum absolute atomic E-state index is 12.7. The third kappa shape index (κ3) is 3.49. The van der Waals surface area contributed by atoms with E-state index in [1.807, 2.05) is 6.92 Å². The van der Waals surface area contributed by atoms with Gasteiger partial charge in [-0.05, 0) is 44.7 Å². The van der Waals surface area contributed by atoms with Crippen LogP contribution in [0.1, 0.15) is 39.0 Å². The molecular weight excluding hydrogens is 352 g/mol. The van der Waals surface area contributed by atoms with Crippen LogP contribution in [-0.2, 0) is 19.4 Å². The number of benzene rings is 1. The van der Waals surface area contributed by atoms with Crippen LogP contribution in [0.2, 0.25) is 0 Å². The van der Waals surface area contributed by atoms with Gasteiger partial charge >= 0.3 is 0 Å². The summed E-state index contributed by atoms with van der Waals surface area (Å²) in [6, 6.07) is 7.99. The summed E-state index contributed by atoms with van der Waals surface area (Å²) in [7, 11) is -3.48. The van der Waals surface area contributed by atoms with Crippen molar-refractivity contribution in [3.63, 3.8) is 0 Å². The fourth-order valence-electron chi connectivity index (χ4n) is 4.25. The van der Waals surface area contributed by atoms with E-state index in [4.69, 9.17) is 0 Å². The summed E-state index contributed by atoms with van der Waals surface area (Å²) in [5.74, 6) is -0.363. The van der Waals surface area contributed by atoms with Gasteiger partial charge in [0.15, 0.2) is 9.84 Å². The highest BCUT2D eigenvalue weighted by Crippen LogP contribution is 2.42. The lowest BCUT2D eigenvalue weighted by Crippen LogP contribution is -2.61. The normalized spacial score (nSPS) is 26.6. The Balaban J connectivity index is 1.69. The molecule has 0 saturated carbocycles. The second-order valence-corrected chi connectivity index (χ2v) is 9.37. The third-order valence-electron chi connectivity index (χ3n) is 5.83. The van der Waals surface area contributed by atoms with E-state index in [1.165, 1.54) is 0 Å². The van der Waals surface area contributed by atoms with Crippen LogP contribution in [0.25, 0.3) is 0 Å². The van der Waals surface area contributed by atoms with Crippen LogP contribution in [0.5, 0.6) is 0 Å². The van der Waals surface area contributed by atoms with Crippen LogP contribution < -0.4 is 5.32 Å². The van der Waals surface area contributed by atoms with E-state index in [9.17, 15) is 18.0 Å². The Labute approximate surface area is 154 Å². The second kappa shape index (κ2) is 7.39. The van der Waals surface area contributed by atoms with Crippen molar-refractivity contribution in [2.45, 2.75) is 50.0 Å². The summed E-state index contributed by atoms with van der Waals surface area (Å²) in [6.45, 7) is 3.20. The molecule has 2 amide bonds. The zero-order chi connectivity index (χ0) is 18.8. The van der Waals surface area contributed by atoms with Crippen molar-refractivity contribution in [2.24, 2.45) is 5.41 Å². The number of hydrogen-bond acceptors (Lipinski definition) is 4. The summed E-state index contributed by atoms with van der Waals surface area (Å²) in [5, 5.41) is 2.94. The SMILES string of the molecule is C[C@@H]1N(C(=O)CCS(=O)(=O)c2ccccc2)CCC[C@@]12CCCNC2=O. The van der Waals surface area contributed by atoms with Crippen molar-refractivity contribution in [3.05, 3.63) is 30.3 Å². The van der Waals surface area contributed by atoms with Gasteiger partial charge in [0, 0.05) is 25.6 Å². The van der Waals surface area contributed by atoms with Crippen molar-refractivity contribution in [2.75, 3.05) is 18.8 Å². The molecule has 0 aliphatic carbocycles. The second-order valence-electron chi connectivity index (χ2n) is 7.26. The van der Waals surface area contributed by atoms with Gasteiger partial charge in [-0.15, -0.1) is 0 Å². The molecule has 142 valence electrons. The van der Waals surface area contributed by atoms with Crippen LogP contribution in [0.3, 0.4) is 0 Å². The van der Waals surface area contributed by atoms with E-state index < -0.39 is 15.3 Å². The molecule has 2 saturated heterocycles. The predicted molar refractivity (Wildman–Crippen MR) is 98.2 cm³/mol. The fourth-order valence-corrected chi connectivity index (χ4v) is 5.50. The first-order chi connectivity index (χ1) is 12.4. The van der Waals surface area contributed by atoms with Crippen LogP contribution >= 0.6 is 0 Å². The van der Waals surface area contributed by atoms with Crippen LogP contribution in [0.4, 0.5) is 0 Å². The van der Waals surface area contributed by atoms with Crippen LogP contribution in [0.15, 0.2) is 35.2 Å². The summed E-state index contributed by atoms with van der Waals surface area (Å²) in [4.78, 5) is 27.2. The average Bonchev–Trinajstić information content (AvgIpc) is 2.65. The topological polar surface area (TPSA) is 83.6 Å². The van der Waals surface area contributed by atoms with Crippen molar-refractivity contribution in [3.8, 4) is 0 Å². The summed E-state index contributed by atoms with van der Waals surface area (Å²) in [5.41, 5.74) is -0.523. The number of piperidine rings is 2. The number of sulfone groups is 1. The number of amides is 2. The van der Waals surface area contributed by atoms with E-state index in [1.54, 1.807) is 35.2 Å². The van der Waals surface area contributed by atoms with Gasteiger partial charge in [-0.25, -0.2) is 8.42 Å². The van der Waals surface area contributed by atoms with Gasteiger partial charge in [-0.1, -0.05) is 18.2 Å². The highest BCUT2D eigenvalue weighted by atomic mass is 32.2. The number of nitrogens with one attached hydrogen (secondary N) is 1. The Morgan fingerprint density at radius 3 is 2.62 bits per heavy atom. The molecule has 1 aromatic rings. The monoisotopic (exact) mass is 378 g/mol. The highest BCUT2D eigenvalue weighted by Gasteiger charge is 2.49. The maximum Gasteiger partial charge on any atom is 0.228 e. The predicted octanol–water partition coefficient (Wildman–Crippen LogP) is 1.76. The van der Waals surface area contributed by atoms with Gasteiger partial charge in [0.1, 0.15) is 0 Å². The zero-order valence-electron chi connectivity index (χ0n) is 15.1. The number of hydrogen-bond donors (Lipinski definition) is 1. The molecule has 2 fully saturated rings. The van der Waals surface area contributed by atoms with Crippen molar-refractivity contribution in [1.29, 1.82) is 0 Å². The maximum atomic E-state index is 12.7. The number of likely N-dealkylation sites (tertiary alicyclic amines) is 1. The van der Waals surface area contributed by atoms with E-state index >= 15 is 0 Å². The largest absolute Gasteiger partial charge is 0.356 e. The minimum absolute atomic E-state index is 0.0330. The van der Waals surface area contributed by atoms with Gasteiger partial charge in [0.2, 0.25) is 11.8 Å². The van der Waals surface area contributed by atoms with E-state index in [0.717, 1.165) is 25.7 Å². The zero-order valence-corrected chi connectivity index (χ0v) is 15.9. The Morgan fingerprint density at radius 1 is 1.23 bits per heavy atom. The molecule has 0 unspecified atom stereocenters. The molecule has 2 aliphatic rings. The Hall–Kier alpha value is -1.89. The van der Waals surface area contributed by atoms with Gasteiger partial charge < -0.3 is 10.2 Å². The first kappa shape index (κ1) is 18.9. The van der Waals surface area contributed by atoms with Gasteiger partial charge in [-0.2, -0.15) is 0 Å². The molecule has 1 spiro atoms. The number of rotatable bonds is 4. The molecule has 1 aromatic carbocycles. The highest BCUT2D eigenvalue weighted by molar-refractivity contribution is 7.91. The van der Waals surface area contributed by atoms with Crippen LogP contribution in [0, 0.1) is 5.41 Å².